The molecule has 0 bridgehead atoms. The first-order valence-electron chi connectivity index (χ1n) is 9.24. The summed E-state index contributed by atoms with van der Waals surface area (Å²) < 4.78 is 0. The van der Waals surface area contributed by atoms with Gasteiger partial charge in [0.2, 0.25) is 0 Å². The standard InChI is InChI=1S/C19H32O5/c1-11-3-5-17-13(7-11)8-18(22)12(2)16(17)6-4-14(20)9-15(21)10-19(23)24/h8,11-12,14-18,20-22H,3-7,9-10H2,1-2H3,(H,23,24)/t11-,12-,14-,15-,16+,17+,18-/m1/s1. The molecule has 24 heavy (non-hydrogen) atoms. The SMILES string of the molecule is C[C@@H]1CC[C@H]2C(=C[C@@H](O)[C@H](C)[C@@H]2CC[C@@H](O)C[C@@H](O)CC(=O)O)C1. The van der Waals surface area contributed by atoms with E-state index in [0.717, 1.165) is 19.3 Å². The van der Waals surface area contributed by atoms with Crippen molar-refractivity contribution in [3.05, 3.63) is 11.6 Å². The number of hydrogen-bond donors (Lipinski definition) is 4. The molecule has 0 spiro atoms. The van der Waals surface area contributed by atoms with Gasteiger partial charge in [-0.05, 0) is 62.2 Å². The second-order valence-electron chi connectivity index (χ2n) is 7.97. The van der Waals surface area contributed by atoms with E-state index in [-0.39, 0.29) is 18.8 Å². The van der Waals surface area contributed by atoms with Crippen LogP contribution < -0.4 is 0 Å². The van der Waals surface area contributed by atoms with Crippen molar-refractivity contribution in [3.63, 3.8) is 0 Å². The summed E-state index contributed by atoms with van der Waals surface area (Å²) in [4.78, 5) is 10.6. The molecule has 0 saturated heterocycles. The maximum atomic E-state index is 10.6. The number of rotatable bonds is 7. The van der Waals surface area contributed by atoms with Crippen molar-refractivity contribution in [1.29, 1.82) is 0 Å². The highest BCUT2D eigenvalue weighted by Crippen LogP contribution is 2.46. The first-order valence-corrected chi connectivity index (χ1v) is 9.24. The molecule has 0 aromatic carbocycles. The Kier molecular flexibility index (Phi) is 6.84. The molecule has 0 aromatic rings. The van der Waals surface area contributed by atoms with Crippen LogP contribution in [0.4, 0.5) is 0 Å². The highest BCUT2D eigenvalue weighted by molar-refractivity contribution is 5.67. The molecule has 0 heterocycles. The summed E-state index contributed by atoms with van der Waals surface area (Å²) >= 11 is 0. The van der Waals surface area contributed by atoms with Crippen LogP contribution in [0.15, 0.2) is 11.6 Å². The number of fused-ring (bicyclic) bond motifs is 1. The fourth-order valence-corrected chi connectivity index (χ4v) is 4.54. The molecule has 2 aliphatic carbocycles. The van der Waals surface area contributed by atoms with E-state index >= 15 is 0 Å². The molecule has 0 amide bonds. The van der Waals surface area contributed by atoms with Gasteiger partial charge >= 0.3 is 5.97 Å². The van der Waals surface area contributed by atoms with Crippen molar-refractivity contribution < 1.29 is 25.2 Å². The smallest absolute Gasteiger partial charge is 0.305 e. The van der Waals surface area contributed by atoms with Gasteiger partial charge in [-0.1, -0.05) is 25.5 Å². The Labute approximate surface area is 144 Å². The maximum absolute atomic E-state index is 10.6. The summed E-state index contributed by atoms with van der Waals surface area (Å²) in [6.45, 7) is 4.33. The van der Waals surface area contributed by atoms with Crippen LogP contribution in [-0.2, 0) is 4.79 Å². The minimum absolute atomic E-state index is 0.0976. The number of aliphatic hydroxyl groups excluding tert-OH is 3. The quantitative estimate of drug-likeness (QED) is 0.533. The zero-order chi connectivity index (χ0) is 17.9. The van der Waals surface area contributed by atoms with Gasteiger partial charge in [0.05, 0.1) is 24.7 Å². The Balaban J connectivity index is 1.90. The molecule has 0 aliphatic heterocycles. The van der Waals surface area contributed by atoms with Gasteiger partial charge in [0.25, 0.3) is 0 Å². The maximum Gasteiger partial charge on any atom is 0.305 e. The van der Waals surface area contributed by atoms with Crippen LogP contribution in [0.5, 0.6) is 0 Å². The van der Waals surface area contributed by atoms with Crippen molar-refractivity contribution in [2.75, 3.05) is 0 Å². The Morgan fingerprint density at radius 1 is 1.25 bits per heavy atom. The monoisotopic (exact) mass is 340 g/mol. The number of hydrogen-bond acceptors (Lipinski definition) is 4. The molecular weight excluding hydrogens is 308 g/mol. The predicted octanol–water partition coefficient (Wildman–Crippen LogP) is 2.34. The van der Waals surface area contributed by atoms with Gasteiger partial charge in [-0.15, -0.1) is 0 Å². The normalized spacial score (nSPS) is 35.7. The Hall–Kier alpha value is -0.910. The Morgan fingerprint density at radius 3 is 2.62 bits per heavy atom. The molecule has 0 unspecified atom stereocenters. The first kappa shape index (κ1) is 19.4. The second kappa shape index (κ2) is 8.45. The lowest BCUT2D eigenvalue weighted by atomic mass is 9.63. The van der Waals surface area contributed by atoms with Crippen LogP contribution in [-0.4, -0.2) is 44.7 Å². The lowest BCUT2D eigenvalue weighted by Crippen LogP contribution is -2.38. The third-order valence-corrected chi connectivity index (χ3v) is 5.93. The third kappa shape index (κ3) is 5.04. The molecule has 2 aliphatic rings. The third-order valence-electron chi connectivity index (χ3n) is 5.93. The molecule has 4 N–H and O–H groups in total. The molecule has 138 valence electrons. The van der Waals surface area contributed by atoms with E-state index in [4.69, 9.17) is 5.11 Å². The van der Waals surface area contributed by atoms with Crippen LogP contribution in [0.2, 0.25) is 0 Å². The number of aliphatic hydroxyl groups is 3. The zero-order valence-electron chi connectivity index (χ0n) is 14.8. The average molecular weight is 340 g/mol. The van der Waals surface area contributed by atoms with Gasteiger partial charge in [-0.3, -0.25) is 4.79 Å². The summed E-state index contributed by atoms with van der Waals surface area (Å²) in [5.41, 5.74) is 1.38. The summed E-state index contributed by atoms with van der Waals surface area (Å²) in [5, 5.41) is 38.8. The number of aliphatic carboxylic acids is 1. The van der Waals surface area contributed by atoms with Gasteiger partial charge in [-0.2, -0.15) is 0 Å². The molecule has 5 heteroatoms. The summed E-state index contributed by atoms with van der Waals surface area (Å²) in [5.74, 6) is 0.633. The zero-order valence-corrected chi connectivity index (χ0v) is 14.8. The minimum Gasteiger partial charge on any atom is -0.481 e. The topological polar surface area (TPSA) is 98.0 Å². The Morgan fingerprint density at radius 2 is 1.96 bits per heavy atom. The van der Waals surface area contributed by atoms with E-state index in [1.165, 1.54) is 12.0 Å². The lowest BCUT2D eigenvalue weighted by molar-refractivity contribution is -0.139. The van der Waals surface area contributed by atoms with E-state index in [2.05, 4.69) is 19.9 Å². The van der Waals surface area contributed by atoms with E-state index < -0.39 is 24.3 Å². The minimum atomic E-state index is -1.05. The molecule has 0 radical (unpaired) electrons. The average Bonchev–Trinajstić information content (AvgIpc) is 2.46. The number of carbonyl (C=O) groups is 1. The van der Waals surface area contributed by atoms with Crippen molar-refractivity contribution in [2.45, 2.75) is 77.1 Å². The van der Waals surface area contributed by atoms with Crippen LogP contribution in [0, 0.1) is 23.7 Å². The lowest BCUT2D eigenvalue weighted by Gasteiger charge is -2.43. The van der Waals surface area contributed by atoms with Gasteiger partial charge in [0.1, 0.15) is 0 Å². The molecule has 1 fully saturated rings. The van der Waals surface area contributed by atoms with E-state index in [9.17, 15) is 20.1 Å². The summed E-state index contributed by atoms with van der Waals surface area (Å²) in [6, 6.07) is 0. The second-order valence-corrected chi connectivity index (χ2v) is 7.97. The first-order chi connectivity index (χ1) is 11.3. The van der Waals surface area contributed by atoms with Crippen LogP contribution in [0.25, 0.3) is 0 Å². The van der Waals surface area contributed by atoms with Crippen molar-refractivity contribution >= 4 is 5.97 Å². The molecule has 0 aromatic heterocycles. The van der Waals surface area contributed by atoms with E-state index in [1.54, 1.807) is 0 Å². The number of allylic oxidation sites excluding steroid dienone is 1. The van der Waals surface area contributed by atoms with E-state index in [1.807, 2.05) is 0 Å². The number of carboxylic acids is 1. The summed E-state index contributed by atoms with van der Waals surface area (Å²) in [7, 11) is 0. The highest BCUT2D eigenvalue weighted by Gasteiger charge is 2.39. The highest BCUT2D eigenvalue weighted by atomic mass is 16.4. The molecule has 7 atom stereocenters. The number of carboxylic acid groups (broad SMARTS) is 1. The molecular formula is C19H32O5. The predicted molar refractivity (Wildman–Crippen MR) is 91.4 cm³/mol. The molecule has 1 saturated carbocycles. The fraction of sp³-hybridized carbons (Fsp3) is 0.842. The van der Waals surface area contributed by atoms with Crippen LogP contribution in [0.3, 0.4) is 0 Å². The van der Waals surface area contributed by atoms with Crippen molar-refractivity contribution in [1.82, 2.24) is 0 Å². The summed E-state index contributed by atoms with van der Waals surface area (Å²) in [6.07, 6.45) is 4.46. The Bertz CT molecular complexity index is 461. The van der Waals surface area contributed by atoms with Crippen LogP contribution in [0.1, 0.15) is 58.8 Å². The fourth-order valence-electron chi connectivity index (χ4n) is 4.54. The van der Waals surface area contributed by atoms with Gasteiger partial charge in [0.15, 0.2) is 0 Å². The molecule has 5 nitrogen and oxygen atoms in total. The van der Waals surface area contributed by atoms with Crippen LogP contribution >= 0.6 is 0 Å². The van der Waals surface area contributed by atoms with Gasteiger partial charge in [0, 0.05) is 0 Å². The van der Waals surface area contributed by atoms with Gasteiger partial charge in [-0.25, -0.2) is 0 Å². The van der Waals surface area contributed by atoms with Crippen molar-refractivity contribution in [2.24, 2.45) is 23.7 Å². The van der Waals surface area contributed by atoms with E-state index in [0.29, 0.717) is 24.2 Å². The van der Waals surface area contributed by atoms with Crippen molar-refractivity contribution in [3.8, 4) is 0 Å². The molecule has 2 rings (SSSR count). The van der Waals surface area contributed by atoms with Gasteiger partial charge < -0.3 is 20.4 Å². The largest absolute Gasteiger partial charge is 0.481 e.